The molecule has 2 aromatic rings. The second kappa shape index (κ2) is 7.78. The Morgan fingerprint density at radius 3 is 2.78 bits per heavy atom. The monoisotopic (exact) mass is 319 g/mol. The van der Waals surface area contributed by atoms with Crippen LogP contribution in [0.1, 0.15) is 0 Å². The van der Waals surface area contributed by atoms with E-state index in [0.29, 0.717) is 24.7 Å². The van der Waals surface area contributed by atoms with Gasteiger partial charge in [-0.3, -0.25) is 9.36 Å². The van der Waals surface area contributed by atoms with E-state index in [1.165, 1.54) is 10.9 Å². The number of nitrogens with one attached hydrogen (secondary N) is 2. The van der Waals surface area contributed by atoms with E-state index in [-0.39, 0.29) is 18.3 Å². The number of imidazole rings is 1. The van der Waals surface area contributed by atoms with Gasteiger partial charge in [-0.2, -0.15) is 0 Å². The Labute approximate surface area is 132 Å². The molecule has 2 rings (SSSR count). The van der Waals surface area contributed by atoms with Gasteiger partial charge >= 0.3 is 5.82 Å². The van der Waals surface area contributed by atoms with E-state index in [0.717, 1.165) is 0 Å². The lowest BCUT2D eigenvalue weighted by Crippen LogP contribution is -2.32. The Morgan fingerprint density at radius 2 is 2.09 bits per heavy atom. The first kappa shape index (κ1) is 16.3. The summed E-state index contributed by atoms with van der Waals surface area (Å²) >= 11 is 0. The molecule has 23 heavy (non-hydrogen) atoms. The highest BCUT2D eigenvalue weighted by Gasteiger charge is 2.19. The molecule has 9 nitrogen and oxygen atoms in total. The maximum atomic E-state index is 11.6. The van der Waals surface area contributed by atoms with Crippen LogP contribution in [0.2, 0.25) is 0 Å². The molecule has 0 atom stereocenters. The van der Waals surface area contributed by atoms with Crippen LogP contribution in [0.15, 0.2) is 36.7 Å². The number of anilines is 1. The van der Waals surface area contributed by atoms with E-state index in [2.05, 4.69) is 15.6 Å². The van der Waals surface area contributed by atoms with Crippen LogP contribution in [-0.2, 0) is 11.8 Å². The number of hydrogen-bond donors (Lipinski definition) is 2. The highest BCUT2D eigenvalue weighted by Crippen LogP contribution is 2.20. The Hall–Kier alpha value is -3.10. The number of aromatic nitrogens is 2. The third-order valence-corrected chi connectivity index (χ3v) is 2.94. The molecule has 0 saturated carbocycles. The Bertz CT molecular complexity index is 671. The molecule has 2 N–H and O–H groups in total. The van der Waals surface area contributed by atoms with Crippen LogP contribution < -0.4 is 15.4 Å². The maximum absolute atomic E-state index is 11.6. The van der Waals surface area contributed by atoms with Gasteiger partial charge in [-0.05, 0) is 22.0 Å². The third kappa shape index (κ3) is 4.70. The summed E-state index contributed by atoms with van der Waals surface area (Å²) in [5.74, 6) is 0.400. The smallest absolute Gasteiger partial charge is 0.406 e. The predicted molar refractivity (Wildman–Crippen MR) is 83.3 cm³/mol. The summed E-state index contributed by atoms with van der Waals surface area (Å²) < 4.78 is 6.82. The quantitative estimate of drug-likeness (QED) is 0.425. The van der Waals surface area contributed by atoms with Crippen molar-refractivity contribution in [2.45, 2.75) is 0 Å². The average molecular weight is 319 g/mol. The van der Waals surface area contributed by atoms with E-state index < -0.39 is 4.92 Å². The molecule has 0 fully saturated rings. The lowest BCUT2D eigenvalue weighted by molar-refractivity contribution is -0.388. The van der Waals surface area contributed by atoms with Crippen LogP contribution >= 0.6 is 0 Å². The number of hydrogen-bond acceptors (Lipinski definition) is 6. The Morgan fingerprint density at radius 1 is 1.35 bits per heavy atom. The Kier molecular flexibility index (Phi) is 5.50. The molecule has 0 saturated heterocycles. The molecule has 0 spiro atoms. The van der Waals surface area contributed by atoms with Gasteiger partial charge in [-0.25, -0.2) is 0 Å². The van der Waals surface area contributed by atoms with Crippen molar-refractivity contribution in [2.75, 3.05) is 25.0 Å². The fraction of sp³-hybridized carbons (Fsp3) is 0.286. The first-order valence-corrected chi connectivity index (χ1v) is 6.92. The maximum Gasteiger partial charge on any atom is 0.406 e. The topological polar surface area (TPSA) is 111 Å². The largest absolute Gasteiger partial charge is 0.484 e. The first-order valence-electron chi connectivity index (χ1n) is 6.92. The molecule has 9 heteroatoms. The normalized spacial score (nSPS) is 10.1. The van der Waals surface area contributed by atoms with Crippen molar-refractivity contribution in [1.29, 1.82) is 0 Å². The number of nitrogens with zero attached hydrogens (tertiary/aromatic N) is 3. The number of amides is 1. The molecule has 0 bridgehead atoms. The fourth-order valence-corrected chi connectivity index (χ4v) is 1.85. The summed E-state index contributed by atoms with van der Waals surface area (Å²) in [7, 11) is 1.65. The van der Waals surface area contributed by atoms with Gasteiger partial charge in [-0.15, -0.1) is 0 Å². The first-order chi connectivity index (χ1) is 11.1. The van der Waals surface area contributed by atoms with E-state index in [4.69, 9.17) is 4.74 Å². The molecular formula is C14H17N5O4. The van der Waals surface area contributed by atoms with E-state index in [1.807, 2.05) is 18.2 Å². The number of carbonyl (C=O) groups excluding carboxylic acids is 1. The minimum atomic E-state index is -0.561. The fourth-order valence-electron chi connectivity index (χ4n) is 1.85. The molecule has 1 aromatic heterocycles. The van der Waals surface area contributed by atoms with Crippen molar-refractivity contribution >= 4 is 17.5 Å². The van der Waals surface area contributed by atoms with Gasteiger partial charge in [-0.1, -0.05) is 18.2 Å². The average Bonchev–Trinajstić information content (AvgIpc) is 2.92. The zero-order valence-electron chi connectivity index (χ0n) is 12.6. The summed E-state index contributed by atoms with van der Waals surface area (Å²) in [5, 5.41) is 16.3. The number of benzene rings is 1. The van der Waals surface area contributed by atoms with Crippen molar-refractivity contribution in [2.24, 2.45) is 7.05 Å². The number of rotatable bonds is 8. The van der Waals surface area contributed by atoms with Gasteiger partial charge in [0, 0.05) is 20.1 Å². The lowest BCUT2D eigenvalue weighted by atomic mass is 10.3. The summed E-state index contributed by atoms with van der Waals surface area (Å²) in [6.07, 6.45) is 1.35. The van der Waals surface area contributed by atoms with Crippen molar-refractivity contribution in [3.8, 4) is 5.75 Å². The van der Waals surface area contributed by atoms with Crippen molar-refractivity contribution < 1.29 is 14.5 Å². The summed E-state index contributed by atoms with van der Waals surface area (Å²) in [6.45, 7) is 0.548. The van der Waals surface area contributed by atoms with Crippen LogP contribution in [0, 0.1) is 10.1 Å². The van der Waals surface area contributed by atoms with Crippen LogP contribution in [0.5, 0.6) is 5.75 Å². The van der Waals surface area contributed by atoms with Crippen LogP contribution in [-0.4, -0.2) is 40.1 Å². The number of ether oxygens (including phenoxy) is 1. The van der Waals surface area contributed by atoms with Crippen LogP contribution in [0.3, 0.4) is 0 Å². The molecule has 1 amide bonds. The van der Waals surface area contributed by atoms with Crippen LogP contribution in [0.25, 0.3) is 0 Å². The second-order valence-corrected chi connectivity index (χ2v) is 4.66. The zero-order valence-corrected chi connectivity index (χ0v) is 12.6. The van der Waals surface area contributed by atoms with Crippen LogP contribution in [0.4, 0.5) is 11.6 Å². The molecule has 0 aliphatic rings. The van der Waals surface area contributed by atoms with Gasteiger partial charge in [0.25, 0.3) is 5.91 Å². The minimum absolute atomic E-state index is 0.0874. The molecule has 0 aliphatic heterocycles. The van der Waals surface area contributed by atoms with Crippen molar-refractivity contribution in [3.63, 3.8) is 0 Å². The minimum Gasteiger partial charge on any atom is -0.484 e. The van der Waals surface area contributed by atoms with E-state index in [9.17, 15) is 14.9 Å². The summed E-state index contributed by atoms with van der Waals surface area (Å²) in [6, 6.07) is 9.01. The number of nitro groups is 1. The van der Waals surface area contributed by atoms with Crippen molar-refractivity contribution in [1.82, 2.24) is 14.9 Å². The third-order valence-electron chi connectivity index (χ3n) is 2.94. The second-order valence-electron chi connectivity index (χ2n) is 4.66. The molecule has 1 heterocycles. The van der Waals surface area contributed by atoms with Crippen molar-refractivity contribution in [3.05, 3.63) is 46.8 Å². The van der Waals surface area contributed by atoms with Gasteiger partial charge in [0.15, 0.2) is 6.61 Å². The SMILES string of the molecule is Cn1cnc([N+](=O)[O-])c1NCCNC(=O)COc1ccccc1. The Balaban J connectivity index is 1.70. The van der Waals surface area contributed by atoms with Gasteiger partial charge in [0.05, 0.1) is 0 Å². The van der Waals surface area contributed by atoms with Gasteiger partial charge in [0.1, 0.15) is 5.75 Å². The summed E-state index contributed by atoms with van der Waals surface area (Å²) in [5.41, 5.74) is 0. The predicted octanol–water partition coefficient (Wildman–Crippen LogP) is 0.935. The van der Waals surface area contributed by atoms with Gasteiger partial charge < -0.3 is 25.5 Å². The molecule has 0 aliphatic carbocycles. The lowest BCUT2D eigenvalue weighted by Gasteiger charge is -2.09. The molecule has 0 radical (unpaired) electrons. The van der Waals surface area contributed by atoms with Gasteiger partial charge in [0.2, 0.25) is 12.1 Å². The standard InChI is InChI=1S/C14H17N5O4/c1-18-10-17-14(19(21)22)13(18)16-8-7-15-12(20)9-23-11-5-3-2-4-6-11/h2-6,10,16H,7-9H2,1H3,(H,15,20). The molecular weight excluding hydrogens is 302 g/mol. The number of para-hydroxylation sites is 1. The molecule has 0 unspecified atom stereocenters. The summed E-state index contributed by atoms with van der Waals surface area (Å²) in [4.78, 5) is 25.6. The van der Waals surface area contributed by atoms with E-state index in [1.54, 1.807) is 19.2 Å². The number of carbonyl (C=O) groups is 1. The van der Waals surface area contributed by atoms with E-state index >= 15 is 0 Å². The molecule has 122 valence electrons. The highest BCUT2D eigenvalue weighted by molar-refractivity contribution is 5.77. The number of aryl methyl sites for hydroxylation is 1. The molecule has 1 aromatic carbocycles. The highest BCUT2D eigenvalue weighted by atomic mass is 16.6. The zero-order chi connectivity index (χ0) is 16.7.